The minimum absolute atomic E-state index is 0. The van der Waals surface area contributed by atoms with Crippen molar-refractivity contribution in [1.82, 2.24) is 4.98 Å². The molecule has 0 radical (unpaired) electrons. The smallest absolute Gasteiger partial charge is 0.000496 e. The summed E-state index contributed by atoms with van der Waals surface area (Å²) in [6.45, 7) is 0. The first-order valence-corrected chi connectivity index (χ1v) is 1.58. The molecule has 28 valence electrons. The van der Waals surface area contributed by atoms with Crippen LogP contribution >= 0.6 is 0 Å². The molecule has 1 aromatic heterocycles. The molecule has 0 aliphatic rings. The molecule has 0 aliphatic heterocycles. The van der Waals surface area contributed by atoms with Gasteiger partial charge in [0, 0.05) is 40.1 Å². The summed E-state index contributed by atoms with van der Waals surface area (Å²) >= 11 is 0. The van der Waals surface area contributed by atoms with Gasteiger partial charge >= 0.3 is 0 Å². The number of H-pyrrole nitrogens is 1. The summed E-state index contributed by atoms with van der Waals surface area (Å²) in [4.78, 5) is 2.86. The third-order valence-electron chi connectivity index (χ3n) is 0.496. The third kappa shape index (κ3) is 1.60. The Bertz CT molecular complexity index is 64.0. The maximum absolute atomic E-state index is 2.86. The van der Waals surface area contributed by atoms with Gasteiger partial charge in [-0.15, -0.1) is 0 Å². The second kappa shape index (κ2) is 3.41. The molecule has 0 unspecified atom stereocenters. The maximum atomic E-state index is 2.86. The molecule has 6 heavy (non-hydrogen) atoms. The second-order valence-electron chi connectivity index (χ2n) is 0.885. The van der Waals surface area contributed by atoms with E-state index in [4.69, 9.17) is 0 Å². The topological polar surface area (TPSA) is 15.8 Å². The molecular weight excluding hydrogens is 263 g/mol. The Kier molecular flexibility index (Phi) is 3.53. The van der Waals surface area contributed by atoms with Gasteiger partial charge in [0.25, 0.3) is 0 Å². The van der Waals surface area contributed by atoms with Gasteiger partial charge in [-0.2, -0.15) is 0 Å². The van der Waals surface area contributed by atoms with Crippen LogP contribution in [0.4, 0.5) is 0 Å². The van der Waals surface area contributed by atoms with E-state index < -0.39 is 0 Å². The van der Waals surface area contributed by atoms with Crippen LogP contribution in [-0.4, -0.2) is 4.98 Å². The first-order valence-electron chi connectivity index (χ1n) is 1.58. The number of aromatic amines is 1. The average Bonchev–Trinajstić information content (AvgIpc) is 1.76. The van der Waals surface area contributed by atoms with E-state index >= 15 is 0 Å². The van der Waals surface area contributed by atoms with Crippen LogP contribution in [0.25, 0.3) is 0 Å². The molecule has 1 aromatic rings. The molecule has 0 saturated heterocycles. The monoisotopic (exact) mass is 269 g/mol. The second-order valence-corrected chi connectivity index (χ2v) is 0.885. The van der Waals surface area contributed by atoms with Gasteiger partial charge in [0.15, 0.2) is 0 Å². The zero-order valence-electron chi connectivity index (χ0n) is 3.52. The van der Waals surface area contributed by atoms with E-state index in [1.807, 2.05) is 24.5 Å². The van der Waals surface area contributed by atoms with E-state index in [0.29, 0.717) is 0 Å². The maximum Gasteiger partial charge on any atom is 0.000496 e. The standard InChI is InChI=1S/C4H5N.Hg/c1-2-4-5-3-1;/h1-5H;. The Morgan fingerprint density at radius 2 is 1.50 bits per heavy atom. The molecule has 0 amide bonds. The van der Waals surface area contributed by atoms with Crippen LogP contribution in [-0.2, 0) is 27.7 Å². The van der Waals surface area contributed by atoms with Gasteiger partial charge in [-0.25, -0.2) is 0 Å². The van der Waals surface area contributed by atoms with Crippen molar-refractivity contribution in [3.63, 3.8) is 0 Å². The molecular formula is C4H5HgN. The summed E-state index contributed by atoms with van der Waals surface area (Å²) in [5.41, 5.74) is 0. The van der Waals surface area contributed by atoms with Crippen molar-refractivity contribution in [2.75, 3.05) is 0 Å². The fraction of sp³-hybridized carbons (Fsp3) is 0. The molecule has 1 heterocycles. The third-order valence-corrected chi connectivity index (χ3v) is 0.496. The quantitative estimate of drug-likeness (QED) is 0.676. The van der Waals surface area contributed by atoms with Crippen molar-refractivity contribution < 1.29 is 27.7 Å². The summed E-state index contributed by atoms with van der Waals surface area (Å²) < 4.78 is 0. The normalized spacial score (nSPS) is 6.67. The van der Waals surface area contributed by atoms with Crippen LogP contribution in [0.2, 0.25) is 0 Å². The van der Waals surface area contributed by atoms with E-state index in [-0.39, 0.29) is 27.7 Å². The van der Waals surface area contributed by atoms with Crippen LogP contribution in [0.15, 0.2) is 24.5 Å². The Balaban J connectivity index is 0.000000250. The summed E-state index contributed by atoms with van der Waals surface area (Å²) in [7, 11) is 0. The number of hydrogen-bond acceptors (Lipinski definition) is 0. The van der Waals surface area contributed by atoms with Crippen LogP contribution in [0.5, 0.6) is 0 Å². The molecule has 0 aliphatic carbocycles. The fourth-order valence-corrected chi connectivity index (χ4v) is 0.278. The molecule has 0 spiro atoms. The van der Waals surface area contributed by atoms with Crippen molar-refractivity contribution in [1.29, 1.82) is 0 Å². The number of aromatic nitrogens is 1. The van der Waals surface area contributed by atoms with E-state index in [0.717, 1.165) is 0 Å². The minimum Gasteiger partial charge on any atom is -0.368 e. The van der Waals surface area contributed by atoms with E-state index in [2.05, 4.69) is 4.98 Å². The van der Waals surface area contributed by atoms with Crippen molar-refractivity contribution in [3.05, 3.63) is 24.5 Å². The van der Waals surface area contributed by atoms with Crippen molar-refractivity contribution >= 4 is 0 Å². The van der Waals surface area contributed by atoms with Crippen LogP contribution in [0.1, 0.15) is 0 Å². The van der Waals surface area contributed by atoms with E-state index in [1.54, 1.807) is 0 Å². The molecule has 1 N–H and O–H groups in total. The SMILES string of the molecule is [Hg].c1cc[nH]c1. The van der Waals surface area contributed by atoms with Gasteiger partial charge in [-0.05, 0) is 12.1 Å². The first-order chi connectivity index (χ1) is 2.50. The van der Waals surface area contributed by atoms with Crippen molar-refractivity contribution in [3.8, 4) is 0 Å². The van der Waals surface area contributed by atoms with Gasteiger partial charge in [-0.3, -0.25) is 0 Å². The van der Waals surface area contributed by atoms with Gasteiger partial charge in [-0.1, -0.05) is 0 Å². The fourth-order valence-electron chi connectivity index (χ4n) is 0.278. The Labute approximate surface area is 57.3 Å². The molecule has 2 heteroatoms. The zero-order valence-corrected chi connectivity index (χ0v) is 9.01. The van der Waals surface area contributed by atoms with E-state index in [1.165, 1.54) is 0 Å². The molecule has 0 aromatic carbocycles. The summed E-state index contributed by atoms with van der Waals surface area (Å²) in [5, 5.41) is 0. The van der Waals surface area contributed by atoms with Crippen LogP contribution in [0, 0.1) is 0 Å². The Morgan fingerprint density at radius 3 is 1.67 bits per heavy atom. The number of nitrogens with one attached hydrogen (secondary N) is 1. The van der Waals surface area contributed by atoms with E-state index in [9.17, 15) is 0 Å². The number of rotatable bonds is 0. The summed E-state index contributed by atoms with van der Waals surface area (Å²) in [5.74, 6) is 0. The average molecular weight is 268 g/mol. The summed E-state index contributed by atoms with van der Waals surface area (Å²) in [6, 6.07) is 3.89. The van der Waals surface area contributed by atoms with Gasteiger partial charge in [0.1, 0.15) is 0 Å². The molecule has 0 saturated carbocycles. The Morgan fingerprint density at radius 1 is 1.00 bits per heavy atom. The van der Waals surface area contributed by atoms with Crippen LogP contribution in [0.3, 0.4) is 0 Å². The summed E-state index contributed by atoms with van der Waals surface area (Å²) in [6.07, 6.45) is 3.75. The van der Waals surface area contributed by atoms with Crippen molar-refractivity contribution in [2.45, 2.75) is 0 Å². The Hall–Kier alpha value is 0.215. The minimum atomic E-state index is 0. The van der Waals surface area contributed by atoms with Gasteiger partial charge in [0.05, 0.1) is 0 Å². The molecule has 0 atom stereocenters. The van der Waals surface area contributed by atoms with Gasteiger partial charge < -0.3 is 4.98 Å². The molecule has 0 bridgehead atoms. The van der Waals surface area contributed by atoms with Gasteiger partial charge in [0.2, 0.25) is 0 Å². The van der Waals surface area contributed by atoms with Crippen LogP contribution < -0.4 is 0 Å². The number of hydrogen-bond donors (Lipinski definition) is 1. The van der Waals surface area contributed by atoms with Crippen molar-refractivity contribution in [2.24, 2.45) is 0 Å². The molecule has 1 rings (SSSR count). The first kappa shape index (κ1) is 6.22. The largest absolute Gasteiger partial charge is 0.368 e. The zero-order chi connectivity index (χ0) is 3.54. The predicted molar refractivity (Wildman–Crippen MR) is 20.8 cm³/mol. The molecule has 1 nitrogen and oxygen atoms in total. The molecule has 0 fully saturated rings. The predicted octanol–water partition coefficient (Wildman–Crippen LogP) is 1.01.